The number of aromatic nitrogens is 2. The Labute approximate surface area is 146 Å². The second-order valence-corrected chi connectivity index (χ2v) is 6.13. The zero-order valence-corrected chi connectivity index (χ0v) is 14.4. The molecule has 0 fully saturated rings. The molecule has 0 bridgehead atoms. The standard InChI is InChI=1S/C16H15N3O5S/c1-3-24-16(20)13-8-17-15(25-13)12-7-10-5-4-6-11(19(21)22)14(10)18(12)9-23-2/h4-8H,3,9H2,1-2H3. The van der Waals surface area contributed by atoms with Crippen LogP contribution in [0.15, 0.2) is 30.5 Å². The topological polar surface area (TPSA) is 96.5 Å². The number of fused-ring (bicyclic) bond motifs is 1. The number of rotatable bonds is 6. The molecule has 8 nitrogen and oxygen atoms in total. The number of nitro groups is 1. The number of nitrogens with zero attached hydrogens (tertiary/aromatic N) is 3. The number of para-hydroxylation sites is 1. The van der Waals surface area contributed by atoms with Gasteiger partial charge >= 0.3 is 5.97 Å². The highest BCUT2D eigenvalue weighted by atomic mass is 32.1. The quantitative estimate of drug-likeness (QED) is 0.379. The van der Waals surface area contributed by atoms with E-state index in [-0.39, 0.29) is 19.0 Å². The third-order valence-electron chi connectivity index (χ3n) is 3.56. The van der Waals surface area contributed by atoms with E-state index in [1.54, 1.807) is 29.7 Å². The Hall–Kier alpha value is -2.78. The Morgan fingerprint density at radius 1 is 1.44 bits per heavy atom. The van der Waals surface area contributed by atoms with Crippen LogP contribution in [0.3, 0.4) is 0 Å². The fraction of sp³-hybridized carbons (Fsp3) is 0.250. The first-order valence-electron chi connectivity index (χ1n) is 7.45. The molecule has 0 saturated carbocycles. The largest absolute Gasteiger partial charge is 0.462 e. The van der Waals surface area contributed by atoms with Crippen molar-refractivity contribution in [3.05, 3.63) is 45.5 Å². The van der Waals surface area contributed by atoms with Gasteiger partial charge in [-0.15, -0.1) is 11.3 Å². The number of non-ortho nitro benzene ring substituents is 1. The summed E-state index contributed by atoms with van der Waals surface area (Å²) in [5, 5.41) is 12.6. The van der Waals surface area contributed by atoms with E-state index >= 15 is 0 Å². The Morgan fingerprint density at radius 2 is 2.24 bits per heavy atom. The minimum atomic E-state index is -0.438. The molecular weight excluding hydrogens is 346 g/mol. The zero-order valence-electron chi connectivity index (χ0n) is 13.6. The van der Waals surface area contributed by atoms with Crippen LogP contribution < -0.4 is 0 Å². The van der Waals surface area contributed by atoms with E-state index in [1.165, 1.54) is 30.7 Å². The molecule has 0 unspecified atom stereocenters. The Bertz CT molecular complexity index is 947. The summed E-state index contributed by atoms with van der Waals surface area (Å²) in [5.74, 6) is -0.438. The lowest BCUT2D eigenvalue weighted by Crippen LogP contribution is -2.03. The van der Waals surface area contributed by atoms with E-state index in [2.05, 4.69) is 4.98 Å². The SMILES string of the molecule is CCOC(=O)c1cnc(-c2cc3cccc([N+](=O)[O-])c3n2COC)s1. The molecule has 0 radical (unpaired) electrons. The molecule has 0 saturated heterocycles. The van der Waals surface area contributed by atoms with E-state index in [1.807, 2.05) is 0 Å². The Kier molecular flexibility index (Phi) is 4.77. The van der Waals surface area contributed by atoms with Gasteiger partial charge < -0.3 is 14.0 Å². The highest BCUT2D eigenvalue weighted by molar-refractivity contribution is 7.16. The number of hydrogen-bond acceptors (Lipinski definition) is 7. The maximum atomic E-state index is 11.8. The van der Waals surface area contributed by atoms with E-state index in [0.29, 0.717) is 26.5 Å². The maximum Gasteiger partial charge on any atom is 0.349 e. The highest BCUT2D eigenvalue weighted by Gasteiger charge is 2.22. The fourth-order valence-electron chi connectivity index (χ4n) is 2.58. The molecular formula is C16H15N3O5S. The van der Waals surface area contributed by atoms with E-state index in [0.717, 1.165) is 0 Å². The van der Waals surface area contributed by atoms with Gasteiger partial charge in [0.25, 0.3) is 5.69 Å². The summed E-state index contributed by atoms with van der Waals surface area (Å²) in [6.07, 6.45) is 1.45. The lowest BCUT2D eigenvalue weighted by Gasteiger charge is -2.07. The van der Waals surface area contributed by atoms with Crippen LogP contribution in [0.2, 0.25) is 0 Å². The van der Waals surface area contributed by atoms with Crippen LogP contribution in [0, 0.1) is 10.1 Å². The van der Waals surface area contributed by atoms with E-state index in [9.17, 15) is 14.9 Å². The number of methoxy groups -OCH3 is 1. The summed E-state index contributed by atoms with van der Waals surface area (Å²) < 4.78 is 11.9. The van der Waals surface area contributed by atoms with Crippen LogP contribution in [0.1, 0.15) is 16.6 Å². The summed E-state index contributed by atoms with van der Waals surface area (Å²) in [6, 6.07) is 6.67. The molecule has 9 heteroatoms. The Morgan fingerprint density at radius 3 is 2.92 bits per heavy atom. The molecule has 130 valence electrons. The zero-order chi connectivity index (χ0) is 18.0. The van der Waals surface area contributed by atoms with Crippen molar-refractivity contribution < 1.29 is 19.2 Å². The molecule has 3 aromatic rings. The molecule has 3 rings (SSSR count). The highest BCUT2D eigenvalue weighted by Crippen LogP contribution is 2.35. The third-order valence-corrected chi connectivity index (χ3v) is 4.56. The normalized spacial score (nSPS) is 11.0. The maximum absolute atomic E-state index is 11.8. The summed E-state index contributed by atoms with van der Waals surface area (Å²) in [5.41, 5.74) is 1.09. The van der Waals surface area contributed by atoms with Crippen molar-refractivity contribution >= 4 is 33.9 Å². The molecule has 0 spiro atoms. The first-order chi connectivity index (χ1) is 12.1. The van der Waals surface area contributed by atoms with Crippen molar-refractivity contribution in [2.24, 2.45) is 0 Å². The molecule has 25 heavy (non-hydrogen) atoms. The molecule has 0 N–H and O–H groups in total. The van der Waals surface area contributed by atoms with Gasteiger partial charge in [-0.05, 0) is 13.0 Å². The van der Waals surface area contributed by atoms with Crippen molar-refractivity contribution in [1.29, 1.82) is 0 Å². The number of nitro benzene ring substituents is 1. The smallest absolute Gasteiger partial charge is 0.349 e. The van der Waals surface area contributed by atoms with Crippen molar-refractivity contribution in [3.63, 3.8) is 0 Å². The summed E-state index contributed by atoms with van der Waals surface area (Å²) in [7, 11) is 1.51. The summed E-state index contributed by atoms with van der Waals surface area (Å²) in [6.45, 7) is 2.13. The van der Waals surface area contributed by atoms with Gasteiger partial charge in [-0.2, -0.15) is 0 Å². The predicted molar refractivity (Wildman–Crippen MR) is 92.7 cm³/mol. The number of ether oxygens (including phenoxy) is 2. The average molecular weight is 361 g/mol. The lowest BCUT2D eigenvalue weighted by molar-refractivity contribution is -0.383. The molecule has 0 atom stereocenters. The molecule has 0 aliphatic rings. The van der Waals surface area contributed by atoms with Crippen LogP contribution in [-0.4, -0.2) is 34.2 Å². The second kappa shape index (κ2) is 6.99. The van der Waals surface area contributed by atoms with Gasteiger partial charge in [-0.1, -0.05) is 12.1 Å². The molecule has 0 aliphatic heterocycles. The monoisotopic (exact) mass is 361 g/mol. The number of benzene rings is 1. The molecule has 1 aromatic carbocycles. The minimum Gasteiger partial charge on any atom is -0.462 e. The van der Waals surface area contributed by atoms with Crippen molar-refractivity contribution in [2.45, 2.75) is 13.7 Å². The van der Waals surface area contributed by atoms with Crippen LogP contribution in [-0.2, 0) is 16.2 Å². The van der Waals surface area contributed by atoms with Crippen LogP contribution in [0.25, 0.3) is 21.6 Å². The molecule has 2 aromatic heterocycles. The van der Waals surface area contributed by atoms with E-state index in [4.69, 9.17) is 9.47 Å². The summed E-state index contributed by atoms with van der Waals surface area (Å²) >= 11 is 1.17. The van der Waals surface area contributed by atoms with Crippen molar-refractivity contribution in [3.8, 4) is 10.7 Å². The number of carbonyl (C=O) groups is 1. The van der Waals surface area contributed by atoms with E-state index < -0.39 is 10.9 Å². The number of thiazole rings is 1. The van der Waals surface area contributed by atoms with Crippen molar-refractivity contribution in [2.75, 3.05) is 13.7 Å². The predicted octanol–water partition coefficient (Wildman–Crippen LogP) is 3.45. The molecule has 2 heterocycles. The Balaban J connectivity index is 2.16. The third kappa shape index (κ3) is 3.11. The number of esters is 1. The van der Waals surface area contributed by atoms with Crippen LogP contribution in [0.5, 0.6) is 0 Å². The lowest BCUT2D eigenvalue weighted by atomic mass is 10.2. The molecule has 0 amide bonds. The second-order valence-electron chi connectivity index (χ2n) is 5.10. The van der Waals surface area contributed by atoms with Gasteiger partial charge in [0, 0.05) is 18.6 Å². The number of carbonyl (C=O) groups excluding carboxylic acids is 1. The average Bonchev–Trinajstić information content (AvgIpc) is 3.20. The van der Waals surface area contributed by atoms with Gasteiger partial charge in [0.05, 0.1) is 23.4 Å². The summed E-state index contributed by atoms with van der Waals surface area (Å²) in [4.78, 5) is 27.4. The van der Waals surface area contributed by atoms with Crippen LogP contribution in [0.4, 0.5) is 5.69 Å². The van der Waals surface area contributed by atoms with Gasteiger partial charge in [0.2, 0.25) is 0 Å². The first-order valence-corrected chi connectivity index (χ1v) is 8.27. The minimum absolute atomic E-state index is 0.0111. The van der Waals surface area contributed by atoms with Crippen LogP contribution >= 0.6 is 11.3 Å². The van der Waals surface area contributed by atoms with Gasteiger partial charge in [-0.25, -0.2) is 9.78 Å². The van der Waals surface area contributed by atoms with Gasteiger partial charge in [-0.3, -0.25) is 10.1 Å². The van der Waals surface area contributed by atoms with Crippen molar-refractivity contribution in [1.82, 2.24) is 9.55 Å². The fourth-order valence-corrected chi connectivity index (χ4v) is 3.42. The van der Waals surface area contributed by atoms with Gasteiger partial charge in [0.15, 0.2) is 0 Å². The molecule has 0 aliphatic carbocycles. The van der Waals surface area contributed by atoms with Gasteiger partial charge in [0.1, 0.15) is 22.1 Å². The number of hydrogen-bond donors (Lipinski definition) is 0. The first kappa shape index (κ1) is 17.1.